The fourth-order valence-electron chi connectivity index (χ4n) is 3.56. The fraction of sp³-hybridized carbons (Fsp3) is 0.444. The zero-order valence-corrected chi connectivity index (χ0v) is 18.7. The molecule has 1 aliphatic carbocycles. The first-order valence-corrected chi connectivity index (χ1v) is 12.3. The van der Waals surface area contributed by atoms with Crippen LogP contribution in [-0.4, -0.2) is 61.2 Å². The summed E-state index contributed by atoms with van der Waals surface area (Å²) >= 11 is 13.6. The monoisotopic (exact) mass is 474 g/mol. The van der Waals surface area contributed by atoms with Crippen LogP contribution in [0.4, 0.5) is 5.13 Å². The summed E-state index contributed by atoms with van der Waals surface area (Å²) in [7, 11) is -3.73. The molecule has 0 atom stereocenters. The van der Waals surface area contributed by atoms with Gasteiger partial charge in [0.25, 0.3) is 0 Å². The van der Waals surface area contributed by atoms with Crippen LogP contribution >= 0.6 is 34.5 Å². The summed E-state index contributed by atoms with van der Waals surface area (Å²) in [5.41, 5.74) is 1.10. The SMILES string of the molecule is O=C(CN1CCN(S(=O)(=O)c2cccc(Cl)c2Cl)CC1)Nc1nc2c(s1)CCC2. The van der Waals surface area contributed by atoms with Crippen molar-refractivity contribution in [2.45, 2.75) is 24.2 Å². The van der Waals surface area contributed by atoms with E-state index < -0.39 is 10.0 Å². The highest BCUT2D eigenvalue weighted by atomic mass is 35.5. The Bertz CT molecular complexity index is 1010. The molecule has 4 rings (SSSR count). The van der Waals surface area contributed by atoms with Crippen molar-refractivity contribution in [2.24, 2.45) is 0 Å². The molecule has 1 saturated heterocycles. The average molecular weight is 475 g/mol. The van der Waals surface area contributed by atoms with Gasteiger partial charge in [-0.1, -0.05) is 29.3 Å². The van der Waals surface area contributed by atoms with Crippen molar-refractivity contribution in [1.29, 1.82) is 0 Å². The number of rotatable bonds is 5. The number of aromatic nitrogens is 1. The average Bonchev–Trinajstić information content (AvgIpc) is 3.25. The van der Waals surface area contributed by atoms with Crippen molar-refractivity contribution in [3.63, 3.8) is 0 Å². The van der Waals surface area contributed by atoms with E-state index in [9.17, 15) is 13.2 Å². The maximum atomic E-state index is 12.9. The molecule has 1 aromatic heterocycles. The molecule has 1 aromatic carbocycles. The Morgan fingerprint density at radius 1 is 1.17 bits per heavy atom. The van der Waals surface area contributed by atoms with E-state index in [2.05, 4.69) is 10.3 Å². The van der Waals surface area contributed by atoms with Gasteiger partial charge in [0.05, 0.1) is 22.3 Å². The number of amides is 1. The Labute approximate surface area is 183 Å². The summed E-state index contributed by atoms with van der Waals surface area (Å²) in [4.78, 5) is 20.0. The molecule has 1 N–H and O–H groups in total. The molecule has 0 radical (unpaired) electrons. The second-order valence-electron chi connectivity index (χ2n) is 7.02. The van der Waals surface area contributed by atoms with Crippen LogP contribution in [0, 0.1) is 0 Å². The zero-order valence-electron chi connectivity index (χ0n) is 15.5. The molecule has 1 fully saturated rings. The Morgan fingerprint density at radius 2 is 1.93 bits per heavy atom. The number of sulfonamides is 1. The van der Waals surface area contributed by atoms with Crippen molar-refractivity contribution < 1.29 is 13.2 Å². The maximum Gasteiger partial charge on any atom is 0.244 e. The highest BCUT2D eigenvalue weighted by Crippen LogP contribution is 2.32. The lowest BCUT2D eigenvalue weighted by Crippen LogP contribution is -2.50. The van der Waals surface area contributed by atoms with E-state index in [0.717, 1.165) is 25.0 Å². The van der Waals surface area contributed by atoms with Crippen molar-refractivity contribution in [1.82, 2.24) is 14.2 Å². The molecule has 156 valence electrons. The van der Waals surface area contributed by atoms with Crippen LogP contribution in [0.5, 0.6) is 0 Å². The van der Waals surface area contributed by atoms with Crippen LogP contribution in [0.25, 0.3) is 0 Å². The van der Waals surface area contributed by atoms with Gasteiger partial charge in [-0.3, -0.25) is 9.69 Å². The van der Waals surface area contributed by atoms with E-state index in [1.54, 1.807) is 23.5 Å². The van der Waals surface area contributed by atoms with E-state index in [1.165, 1.54) is 15.2 Å². The molecule has 7 nitrogen and oxygen atoms in total. The molecule has 1 aliphatic heterocycles. The topological polar surface area (TPSA) is 82.6 Å². The van der Waals surface area contributed by atoms with Crippen LogP contribution in [0.1, 0.15) is 17.0 Å². The third-order valence-corrected chi connectivity index (χ3v) is 9.02. The minimum absolute atomic E-state index is 0.00896. The van der Waals surface area contributed by atoms with Crippen molar-refractivity contribution >= 4 is 55.6 Å². The van der Waals surface area contributed by atoms with Crippen LogP contribution in [0.15, 0.2) is 23.1 Å². The molecule has 1 amide bonds. The van der Waals surface area contributed by atoms with Crippen LogP contribution in [0.2, 0.25) is 10.0 Å². The number of benzene rings is 1. The van der Waals surface area contributed by atoms with Crippen molar-refractivity contribution in [3.8, 4) is 0 Å². The van der Waals surface area contributed by atoms with Gasteiger partial charge in [0.1, 0.15) is 4.90 Å². The first kappa shape index (κ1) is 21.0. The third kappa shape index (κ3) is 4.45. The third-order valence-electron chi connectivity index (χ3n) is 5.07. The van der Waals surface area contributed by atoms with Crippen molar-refractivity contribution in [3.05, 3.63) is 38.8 Å². The highest BCUT2D eigenvalue weighted by Gasteiger charge is 2.31. The van der Waals surface area contributed by atoms with Gasteiger partial charge >= 0.3 is 0 Å². The lowest BCUT2D eigenvalue weighted by atomic mass is 10.3. The number of halogens is 2. The maximum absolute atomic E-state index is 12.9. The molecule has 2 heterocycles. The molecule has 0 saturated carbocycles. The quantitative estimate of drug-likeness (QED) is 0.719. The van der Waals surface area contributed by atoms with E-state index in [0.29, 0.717) is 18.2 Å². The number of hydrogen-bond acceptors (Lipinski definition) is 6. The first-order chi connectivity index (χ1) is 13.8. The molecule has 11 heteroatoms. The van der Waals surface area contributed by atoms with E-state index in [4.69, 9.17) is 23.2 Å². The smallest absolute Gasteiger partial charge is 0.244 e. The molecule has 0 bridgehead atoms. The minimum atomic E-state index is -3.73. The molecular weight excluding hydrogens is 455 g/mol. The summed E-state index contributed by atoms with van der Waals surface area (Å²) in [5.74, 6) is -0.133. The number of carbonyl (C=O) groups excluding carboxylic acids is 1. The van der Waals surface area contributed by atoms with Crippen LogP contribution in [-0.2, 0) is 27.7 Å². The van der Waals surface area contributed by atoms with Gasteiger partial charge in [-0.25, -0.2) is 13.4 Å². The molecule has 0 spiro atoms. The first-order valence-electron chi connectivity index (χ1n) is 9.29. The highest BCUT2D eigenvalue weighted by molar-refractivity contribution is 7.89. The standard InChI is InChI=1S/C18H20Cl2N4O3S2/c19-12-3-1-6-15(17(12)20)29(26,27)24-9-7-23(8-10-24)11-16(25)22-18-21-13-4-2-5-14(13)28-18/h1,3,6H,2,4-5,7-11H2,(H,21,22,25). The molecule has 2 aliphatic rings. The number of carbonyl (C=O) groups is 1. The Balaban J connectivity index is 1.33. The number of aryl methyl sites for hydroxylation is 2. The van der Waals surface area contributed by atoms with E-state index in [1.807, 2.05) is 4.90 Å². The zero-order chi connectivity index (χ0) is 20.6. The van der Waals surface area contributed by atoms with Gasteiger partial charge in [0.2, 0.25) is 15.9 Å². The second kappa shape index (κ2) is 8.49. The second-order valence-corrected chi connectivity index (χ2v) is 10.8. The molecule has 2 aromatic rings. The summed E-state index contributed by atoms with van der Waals surface area (Å²) in [5, 5.41) is 3.75. The van der Waals surface area contributed by atoms with Gasteiger partial charge < -0.3 is 5.32 Å². The number of piperazine rings is 1. The molecular formula is C18H20Cl2N4O3S2. The normalized spacial score (nSPS) is 18.0. The van der Waals surface area contributed by atoms with Crippen LogP contribution < -0.4 is 5.32 Å². The number of hydrogen-bond donors (Lipinski definition) is 1. The Kier molecular flexibility index (Phi) is 6.15. The Morgan fingerprint density at radius 3 is 2.66 bits per heavy atom. The predicted octanol–water partition coefficient (Wildman–Crippen LogP) is 2.88. The number of nitrogens with zero attached hydrogens (tertiary/aromatic N) is 3. The minimum Gasteiger partial charge on any atom is -0.301 e. The summed E-state index contributed by atoms with van der Waals surface area (Å²) < 4.78 is 27.1. The van der Waals surface area contributed by atoms with Gasteiger partial charge in [-0.15, -0.1) is 11.3 Å². The number of anilines is 1. The lowest BCUT2D eigenvalue weighted by molar-refractivity contribution is -0.117. The summed E-state index contributed by atoms with van der Waals surface area (Å²) in [6, 6.07) is 4.57. The number of nitrogens with one attached hydrogen (secondary N) is 1. The van der Waals surface area contributed by atoms with Gasteiger partial charge in [-0.2, -0.15) is 4.31 Å². The van der Waals surface area contributed by atoms with Crippen LogP contribution in [0.3, 0.4) is 0 Å². The molecule has 0 unspecified atom stereocenters. The molecule has 29 heavy (non-hydrogen) atoms. The number of fused-ring (bicyclic) bond motifs is 1. The van der Waals surface area contributed by atoms with E-state index >= 15 is 0 Å². The Hall–Kier alpha value is -1.23. The van der Waals surface area contributed by atoms with Crippen molar-refractivity contribution in [2.75, 3.05) is 38.0 Å². The number of thiazole rings is 1. The predicted molar refractivity (Wildman–Crippen MR) is 114 cm³/mol. The summed E-state index contributed by atoms with van der Waals surface area (Å²) in [6.07, 6.45) is 3.15. The fourth-order valence-corrected chi connectivity index (χ4v) is 6.78. The lowest BCUT2D eigenvalue weighted by Gasteiger charge is -2.33. The summed E-state index contributed by atoms with van der Waals surface area (Å²) in [6.45, 7) is 1.68. The van der Waals surface area contributed by atoms with Gasteiger partial charge in [0.15, 0.2) is 5.13 Å². The largest absolute Gasteiger partial charge is 0.301 e. The van der Waals surface area contributed by atoms with E-state index in [-0.39, 0.29) is 40.5 Å². The van der Waals surface area contributed by atoms with Gasteiger partial charge in [0, 0.05) is 31.1 Å². The van der Waals surface area contributed by atoms with Gasteiger partial charge in [-0.05, 0) is 31.4 Å².